The van der Waals surface area contributed by atoms with Crippen LogP contribution in [0, 0.1) is 0 Å². The van der Waals surface area contributed by atoms with Crippen molar-refractivity contribution in [2.24, 2.45) is 5.73 Å². The second-order valence-electron chi connectivity index (χ2n) is 6.94. The SMILES string of the molecule is NC(=O)c1ccc(Br)c2c3c([nH]c12)CC(NC(=O)OCc1ccccc1)CC3. The number of carbonyl (C=O) groups is 2. The Labute approximate surface area is 170 Å². The predicted octanol–water partition coefficient (Wildman–Crippen LogP) is 3.81. The van der Waals surface area contributed by atoms with Gasteiger partial charge in [0, 0.05) is 28.0 Å². The number of alkyl carbamates (subject to hydrolysis) is 1. The summed E-state index contributed by atoms with van der Waals surface area (Å²) in [5, 5.41) is 3.94. The van der Waals surface area contributed by atoms with Crippen LogP contribution >= 0.6 is 15.9 Å². The topological polar surface area (TPSA) is 97.2 Å². The minimum absolute atomic E-state index is 0.0281. The summed E-state index contributed by atoms with van der Waals surface area (Å²) < 4.78 is 6.25. The minimum Gasteiger partial charge on any atom is -0.445 e. The van der Waals surface area contributed by atoms with Crippen LogP contribution in [0.1, 0.15) is 33.6 Å². The Hall–Kier alpha value is -2.80. The lowest BCUT2D eigenvalue weighted by atomic mass is 9.91. The van der Waals surface area contributed by atoms with Crippen molar-refractivity contribution in [2.75, 3.05) is 0 Å². The number of aromatic amines is 1. The Morgan fingerprint density at radius 2 is 2.00 bits per heavy atom. The molecular formula is C21H20BrN3O3. The molecule has 0 aliphatic heterocycles. The van der Waals surface area contributed by atoms with Crippen molar-refractivity contribution in [3.63, 3.8) is 0 Å². The lowest BCUT2D eigenvalue weighted by molar-refractivity contribution is 0.100. The van der Waals surface area contributed by atoms with Crippen molar-refractivity contribution in [3.05, 3.63) is 69.3 Å². The van der Waals surface area contributed by atoms with E-state index < -0.39 is 12.0 Å². The van der Waals surface area contributed by atoms with Gasteiger partial charge in [-0.05, 0) is 36.1 Å². The number of aryl methyl sites for hydroxylation is 1. The molecule has 1 atom stereocenters. The molecular weight excluding hydrogens is 422 g/mol. The van der Waals surface area contributed by atoms with E-state index in [1.165, 1.54) is 5.56 Å². The molecule has 28 heavy (non-hydrogen) atoms. The van der Waals surface area contributed by atoms with Gasteiger partial charge in [-0.1, -0.05) is 46.3 Å². The first-order chi connectivity index (χ1) is 13.5. The highest BCUT2D eigenvalue weighted by molar-refractivity contribution is 9.10. The Bertz CT molecular complexity index is 1050. The average molecular weight is 442 g/mol. The first-order valence-electron chi connectivity index (χ1n) is 9.12. The Balaban J connectivity index is 1.47. The third kappa shape index (κ3) is 3.62. The molecule has 0 radical (unpaired) electrons. The monoisotopic (exact) mass is 441 g/mol. The molecule has 0 saturated carbocycles. The summed E-state index contributed by atoms with van der Waals surface area (Å²) in [4.78, 5) is 27.3. The molecule has 2 amide bonds. The number of carbonyl (C=O) groups excluding carboxylic acids is 2. The van der Waals surface area contributed by atoms with Crippen molar-refractivity contribution in [3.8, 4) is 0 Å². The number of nitrogens with two attached hydrogens (primary N) is 1. The van der Waals surface area contributed by atoms with E-state index in [9.17, 15) is 9.59 Å². The number of fused-ring (bicyclic) bond motifs is 3. The van der Waals surface area contributed by atoms with Gasteiger partial charge in [-0.15, -0.1) is 0 Å². The highest BCUT2D eigenvalue weighted by atomic mass is 79.9. The molecule has 144 valence electrons. The largest absolute Gasteiger partial charge is 0.445 e. The number of hydrogen-bond donors (Lipinski definition) is 3. The van der Waals surface area contributed by atoms with Gasteiger partial charge >= 0.3 is 6.09 Å². The molecule has 1 unspecified atom stereocenters. The van der Waals surface area contributed by atoms with Crippen LogP contribution in [0.5, 0.6) is 0 Å². The highest BCUT2D eigenvalue weighted by Crippen LogP contribution is 2.35. The van der Waals surface area contributed by atoms with Crippen LogP contribution in [0.3, 0.4) is 0 Å². The van der Waals surface area contributed by atoms with Crippen molar-refractivity contribution >= 4 is 38.8 Å². The fourth-order valence-electron chi connectivity index (χ4n) is 3.76. The average Bonchev–Trinajstić information content (AvgIpc) is 3.06. The number of aromatic nitrogens is 1. The molecule has 7 heteroatoms. The summed E-state index contributed by atoms with van der Waals surface area (Å²) in [6.45, 7) is 0.242. The first-order valence-corrected chi connectivity index (χ1v) is 9.91. The third-order valence-electron chi connectivity index (χ3n) is 5.09. The van der Waals surface area contributed by atoms with E-state index in [0.717, 1.165) is 39.5 Å². The highest BCUT2D eigenvalue weighted by Gasteiger charge is 2.26. The normalized spacial score (nSPS) is 15.8. The van der Waals surface area contributed by atoms with Crippen molar-refractivity contribution in [2.45, 2.75) is 31.9 Å². The van der Waals surface area contributed by atoms with Gasteiger partial charge in [-0.3, -0.25) is 4.79 Å². The number of H-pyrrole nitrogens is 1. The fraction of sp³-hybridized carbons (Fsp3) is 0.238. The number of nitrogens with one attached hydrogen (secondary N) is 2. The summed E-state index contributed by atoms with van der Waals surface area (Å²) in [5.41, 5.74) is 9.87. The number of halogens is 1. The zero-order valence-corrected chi connectivity index (χ0v) is 16.7. The molecule has 0 bridgehead atoms. The van der Waals surface area contributed by atoms with E-state index in [1.54, 1.807) is 6.07 Å². The maximum absolute atomic E-state index is 12.2. The number of ether oxygens (including phenoxy) is 1. The van der Waals surface area contributed by atoms with E-state index in [4.69, 9.17) is 10.5 Å². The lowest BCUT2D eigenvalue weighted by Gasteiger charge is -2.23. The maximum atomic E-state index is 12.2. The Morgan fingerprint density at radius 1 is 1.21 bits per heavy atom. The van der Waals surface area contributed by atoms with E-state index in [-0.39, 0.29) is 12.6 Å². The van der Waals surface area contributed by atoms with Gasteiger partial charge in [0.25, 0.3) is 5.91 Å². The van der Waals surface area contributed by atoms with Crippen LogP contribution in [-0.2, 0) is 24.2 Å². The summed E-state index contributed by atoms with van der Waals surface area (Å²) in [6, 6.07) is 13.1. The van der Waals surface area contributed by atoms with E-state index in [0.29, 0.717) is 12.0 Å². The molecule has 3 aromatic rings. The van der Waals surface area contributed by atoms with Crippen LogP contribution in [-0.4, -0.2) is 23.0 Å². The summed E-state index contributed by atoms with van der Waals surface area (Å²) >= 11 is 3.57. The third-order valence-corrected chi connectivity index (χ3v) is 5.75. The first kappa shape index (κ1) is 18.6. The van der Waals surface area contributed by atoms with Crippen LogP contribution in [0.25, 0.3) is 10.9 Å². The van der Waals surface area contributed by atoms with Gasteiger partial charge in [0.05, 0.1) is 11.1 Å². The van der Waals surface area contributed by atoms with E-state index in [2.05, 4.69) is 26.2 Å². The zero-order valence-electron chi connectivity index (χ0n) is 15.1. The summed E-state index contributed by atoms with van der Waals surface area (Å²) in [7, 11) is 0. The second-order valence-corrected chi connectivity index (χ2v) is 7.79. The van der Waals surface area contributed by atoms with Crippen molar-refractivity contribution < 1.29 is 14.3 Å². The second kappa shape index (κ2) is 7.67. The lowest BCUT2D eigenvalue weighted by Crippen LogP contribution is -2.39. The number of rotatable bonds is 4. The zero-order chi connectivity index (χ0) is 19.7. The molecule has 4 rings (SSSR count). The van der Waals surface area contributed by atoms with Gasteiger partial charge in [0.2, 0.25) is 0 Å². The standard InChI is InChI=1S/C21H20BrN3O3/c22-16-9-8-15(20(23)26)19-18(16)14-7-6-13(10-17(14)25-19)24-21(27)28-11-12-4-2-1-3-5-12/h1-5,8-9,13,25H,6-7,10-11H2,(H2,23,26)(H,24,27). The van der Waals surface area contributed by atoms with Gasteiger partial charge in [-0.25, -0.2) is 4.79 Å². The number of benzene rings is 2. The summed E-state index contributed by atoms with van der Waals surface area (Å²) in [6.07, 6.45) is 1.81. The van der Waals surface area contributed by atoms with Gasteiger partial charge in [0.1, 0.15) is 6.61 Å². The molecule has 1 aromatic heterocycles. The summed E-state index contributed by atoms with van der Waals surface area (Å²) in [5.74, 6) is -0.463. The minimum atomic E-state index is -0.463. The molecule has 6 nitrogen and oxygen atoms in total. The van der Waals surface area contributed by atoms with E-state index >= 15 is 0 Å². The van der Waals surface area contributed by atoms with Gasteiger partial charge < -0.3 is 20.8 Å². The molecule has 1 aliphatic carbocycles. The molecule has 4 N–H and O–H groups in total. The quantitative estimate of drug-likeness (QED) is 0.573. The van der Waals surface area contributed by atoms with E-state index in [1.807, 2.05) is 36.4 Å². The maximum Gasteiger partial charge on any atom is 0.407 e. The van der Waals surface area contributed by atoms with Crippen LogP contribution in [0.4, 0.5) is 4.79 Å². The van der Waals surface area contributed by atoms with Crippen LogP contribution in [0.2, 0.25) is 0 Å². The van der Waals surface area contributed by atoms with Crippen molar-refractivity contribution in [1.82, 2.24) is 10.3 Å². The van der Waals surface area contributed by atoms with Crippen LogP contribution < -0.4 is 11.1 Å². The Kier molecular flexibility index (Phi) is 5.09. The molecule has 0 saturated heterocycles. The van der Waals surface area contributed by atoms with Crippen LogP contribution in [0.15, 0.2) is 46.9 Å². The fourth-order valence-corrected chi connectivity index (χ4v) is 4.33. The molecule has 1 aliphatic rings. The molecule has 2 aromatic carbocycles. The van der Waals surface area contributed by atoms with Gasteiger partial charge in [0.15, 0.2) is 0 Å². The molecule has 0 fully saturated rings. The van der Waals surface area contributed by atoms with Crippen molar-refractivity contribution in [1.29, 1.82) is 0 Å². The molecule has 0 spiro atoms. The Morgan fingerprint density at radius 3 is 2.75 bits per heavy atom. The number of hydrogen-bond acceptors (Lipinski definition) is 3. The number of primary amides is 1. The van der Waals surface area contributed by atoms with Gasteiger partial charge in [-0.2, -0.15) is 0 Å². The smallest absolute Gasteiger partial charge is 0.407 e. The molecule has 1 heterocycles. The number of amides is 2. The predicted molar refractivity (Wildman–Crippen MR) is 110 cm³/mol.